The van der Waals surface area contributed by atoms with Crippen molar-refractivity contribution in [3.8, 4) is 0 Å². The lowest BCUT2D eigenvalue weighted by Gasteiger charge is -2.48. The van der Waals surface area contributed by atoms with Crippen molar-refractivity contribution in [2.75, 3.05) is 39.4 Å². The first-order valence-electron chi connectivity index (χ1n) is 15.8. The Morgan fingerprint density at radius 3 is 2.26 bits per heavy atom. The molecular weight excluding hydrogens is 552 g/mol. The van der Waals surface area contributed by atoms with E-state index in [0.717, 1.165) is 32.5 Å². The molecule has 4 amide bonds. The second-order valence-corrected chi connectivity index (χ2v) is 14.2. The summed E-state index contributed by atoms with van der Waals surface area (Å²) in [6.07, 6.45) is 4.03. The standard InChI is InChI=1S/C33H50N4O4.ClH/c1-7-41-16-15-35-30(39)33(37(23(2)3)31(35)40)17-26-13-14-27(18-33)36(26)21-25-20-34(29(38)19-32(4,5)6)22-28(25)24-11-9-8-10-12-24;/h8-12,23,25-28H,7,13-22H2,1-6H3;1H/t25-,26?,27?,28-,33?;/m1./s1. The quantitative estimate of drug-likeness (QED) is 0.288. The minimum atomic E-state index is -0.761. The van der Waals surface area contributed by atoms with Crippen molar-refractivity contribution in [1.82, 2.24) is 19.6 Å². The third kappa shape index (κ3) is 6.22. The van der Waals surface area contributed by atoms with Crippen molar-refractivity contribution < 1.29 is 19.1 Å². The fourth-order valence-electron chi connectivity index (χ4n) is 8.13. The average molecular weight is 603 g/mol. The SMILES string of the molecule is CCOCCN1C(=O)N(C(C)C)C2(CC3CCC(C2)N3C[C@H]2CN(C(=O)CC(C)(C)C)C[C@@H]2c2ccccc2)C1=O.Cl. The van der Waals surface area contributed by atoms with Gasteiger partial charge in [-0.05, 0) is 63.4 Å². The number of imide groups is 1. The normalized spacial score (nSPS) is 29.7. The number of hydrogen-bond acceptors (Lipinski definition) is 5. The molecule has 2 unspecified atom stereocenters. The molecule has 1 spiro atoms. The summed E-state index contributed by atoms with van der Waals surface area (Å²) >= 11 is 0. The molecule has 4 aliphatic rings. The van der Waals surface area contributed by atoms with E-state index in [1.165, 1.54) is 10.5 Å². The van der Waals surface area contributed by atoms with Crippen LogP contribution < -0.4 is 0 Å². The molecule has 5 rings (SSSR count). The lowest BCUT2D eigenvalue weighted by atomic mass is 9.79. The van der Waals surface area contributed by atoms with E-state index in [-0.39, 0.29) is 53.8 Å². The summed E-state index contributed by atoms with van der Waals surface area (Å²) in [6.45, 7) is 16.1. The van der Waals surface area contributed by atoms with Gasteiger partial charge in [-0.2, -0.15) is 0 Å². The van der Waals surface area contributed by atoms with E-state index in [4.69, 9.17) is 4.74 Å². The molecule has 234 valence electrons. The van der Waals surface area contributed by atoms with Gasteiger partial charge in [0.1, 0.15) is 5.54 Å². The number of benzene rings is 1. The van der Waals surface area contributed by atoms with Crippen LogP contribution in [0.5, 0.6) is 0 Å². The minimum Gasteiger partial charge on any atom is -0.380 e. The van der Waals surface area contributed by atoms with Crippen molar-refractivity contribution in [1.29, 1.82) is 0 Å². The summed E-state index contributed by atoms with van der Waals surface area (Å²) in [4.78, 5) is 48.9. The molecule has 0 aliphatic carbocycles. The molecule has 0 radical (unpaired) electrons. The summed E-state index contributed by atoms with van der Waals surface area (Å²) in [5.74, 6) is 0.848. The highest BCUT2D eigenvalue weighted by Crippen LogP contribution is 2.49. The van der Waals surface area contributed by atoms with E-state index in [0.29, 0.717) is 50.9 Å². The Morgan fingerprint density at radius 2 is 1.69 bits per heavy atom. The number of carbonyl (C=O) groups excluding carboxylic acids is 3. The zero-order valence-electron chi connectivity index (χ0n) is 26.4. The van der Waals surface area contributed by atoms with Crippen LogP contribution in [0.25, 0.3) is 0 Å². The Hall–Kier alpha value is -2.16. The molecule has 0 aromatic heterocycles. The number of amides is 4. The lowest BCUT2D eigenvalue weighted by Crippen LogP contribution is -2.62. The van der Waals surface area contributed by atoms with Gasteiger partial charge in [-0.25, -0.2) is 4.79 Å². The van der Waals surface area contributed by atoms with Crippen LogP contribution in [0, 0.1) is 11.3 Å². The first-order chi connectivity index (χ1) is 19.4. The Morgan fingerprint density at radius 1 is 1.05 bits per heavy atom. The highest BCUT2D eigenvalue weighted by atomic mass is 35.5. The first kappa shape index (κ1) is 32.7. The second kappa shape index (κ2) is 12.8. The number of nitrogens with zero attached hydrogens (tertiary/aromatic N) is 4. The van der Waals surface area contributed by atoms with Crippen LogP contribution >= 0.6 is 12.4 Å². The second-order valence-electron chi connectivity index (χ2n) is 14.2. The largest absolute Gasteiger partial charge is 0.380 e. The number of halogens is 1. The molecule has 0 N–H and O–H groups in total. The molecule has 4 saturated heterocycles. The Kier molecular flexibility index (Phi) is 10.0. The summed E-state index contributed by atoms with van der Waals surface area (Å²) in [5.41, 5.74) is 0.502. The minimum absolute atomic E-state index is 0. The predicted octanol–water partition coefficient (Wildman–Crippen LogP) is 5.16. The number of hydrogen-bond donors (Lipinski definition) is 0. The van der Waals surface area contributed by atoms with Gasteiger partial charge in [-0.1, -0.05) is 51.1 Å². The number of likely N-dealkylation sites (tertiary alicyclic amines) is 1. The molecule has 1 aromatic rings. The fraction of sp³-hybridized carbons (Fsp3) is 0.727. The molecule has 1 aromatic carbocycles. The maximum atomic E-state index is 14.0. The maximum absolute atomic E-state index is 14.0. The smallest absolute Gasteiger partial charge is 0.327 e. The van der Waals surface area contributed by atoms with Crippen molar-refractivity contribution in [2.45, 2.75) is 103 Å². The molecule has 2 bridgehead atoms. The topological polar surface area (TPSA) is 73.4 Å². The molecule has 4 fully saturated rings. The highest BCUT2D eigenvalue weighted by Gasteiger charge is 2.63. The van der Waals surface area contributed by atoms with Gasteiger partial charge in [0.15, 0.2) is 0 Å². The third-order valence-electron chi connectivity index (χ3n) is 9.79. The van der Waals surface area contributed by atoms with Gasteiger partial charge in [0.2, 0.25) is 5.91 Å². The fourth-order valence-corrected chi connectivity index (χ4v) is 8.13. The van der Waals surface area contributed by atoms with Gasteiger partial charge in [-0.3, -0.25) is 19.4 Å². The van der Waals surface area contributed by atoms with Crippen LogP contribution in [0.1, 0.15) is 85.1 Å². The Labute approximate surface area is 258 Å². The number of urea groups is 1. The highest BCUT2D eigenvalue weighted by molar-refractivity contribution is 6.07. The van der Waals surface area contributed by atoms with Gasteiger partial charge in [0.25, 0.3) is 5.91 Å². The van der Waals surface area contributed by atoms with Crippen LogP contribution in [0.15, 0.2) is 30.3 Å². The summed E-state index contributed by atoms with van der Waals surface area (Å²) in [5, 5.41) is 0. The summed E-state index contributed by atoms with van der Waals surface area (Å²) in [7, 11) is 0. The predicted molar refractivity (Wildman–Crippen MR) is 167 cm³/mol. The van der Waals surface area contributed by atoms with Crippen molar-refractivity contribution in [3.05, 3.63) is 35.9 Å². The van der Waals surface area contributed by atoms with Crippen molar-refractivity contribution in [3.63, 3.8) is 0 Å². The average Bonchev–Trinajstić information content (AvgIpc) is 3.49. The first-order valence-corrected chi connectivity index (χ1v) is 15.8. The van der Waals surface area contributed by atoms with Gasteiger partial charge < -0.3 is 14.5 Å². The molecular formula is C33H51ClN4O4. The van der Waals surface area contributed by atoms with E-state index in [1.807, 2.05) is 25.7 Å². The third-order valence-corrected chi connectivity index (χ3v) is 9.79. The van der Waals surface area contributed by atoms with E-state index in [9.17, 15) is 14.4 Å². The van der Waals surface area contributed by atoms with E-state index in [2.05, 4.69) is 60.9 Å². The molecule has 8 nitrogen and oxygen atoms in total. The molecule has 4 atom stereocenters. The number of fused-ring (bicyclic) bond motifs is 2. The molecule has 0 saturated carbocycles. The Balaban J connectivity index is 0.00000405. The number of carbonyl (C=O) groups is 3. The van der Waals surface area contributed by atoms with E-state index in [1.54, 1.807) is 0 Å². The van der Waals surface area contributed by atoms with Crippen LogP contribution in [-0.4, -0.2) is 101 Å². The molecule has 4 aliphatic heterocycles. The van der Waals surface area contributed by atoms with Crippen LogP contribution in [-0.2, 0) is 14.3 Å². The molecule has 42 heavy (non-hydrogen) atoms. The van der Waals surface area contributed by atoms with Crippen molar-refractivity contribution in [2.24, 2.45) is 11.3 Å². The number of ether oxygens (including phenoxy) is 1. The zero-order valence-corrected chi connectivity index (χ0v) is 27.2. The number of rotatable bonds is 9. The van der Waals surface area contributed by atoms with Crippen LogP contribution in [0.2, 0.25) is 0 Å². The van der Waals surface area contributed by atoms with Gasteiger partial charge in [0, 0.05) is 56.7 Å². The number of piperidine rings is 1. The lowest BCUT2D eigenvalue weighted by molar-refractivity contribution is -0.138. The maximum Gasteiger partial charge on any atom is 0.327 e. The van der Waals surface area contributed by atoms with Crippen LogP contribution in [0.4, 0.5) is 4.79 Å². The van der Waals surface area contributed by atoms with Crippen LogP contribution in [0.3, 0.4) is 0 Å². The van der Waals surface area contributed by atoms with E-state index >= 15 is 0 Å². The summed E-state index contributed by atoms with van der Waals surface area (Å²) in [6, 6.07) is 11.0. The van der Waals surface area contributed by atoms with Gasteiger partial charge in [0.05, 0.1) is 13.2 Å². The Bertz CT molecular complexity index is 1110. The summed E-state index contributed by atoms with van der Waals surface area (Å²) < 4.78 is 5.51. The molecule has 9 heteroatoms. The van der Waals surface area contributed by atoms with Crippen molar-refractivity contribution >= 4 is 30.3 Å². The monoisotopic (exact) mass is 602 g/mol. The zero-order chi connectivity index (χ0) is 29.5. The van der Waals surface area contributed by atoms with Gasteiger partial charge in [-0.15, -0.1) is 12.4 Å². The van der Waals surface area contributed by atoms with E-state index < -0.39 is 5.54 Å². The van der Waals surface area contributed by atoms with Gasteiger partial charge >= 0.3 is 6.03 Å². The molecule has 4 heterocycles.